The molecule has 1 N–H and O–H groups in total. The second kappa shape index (κ2) is 3.67. The van der Waals surface area contributed by atoms with Crippen molar-refractivity contribution in [3.05, 3.63) is 24.3 Å². The molecule has 0 unspecified atom stereocenters. The Hall–Kier alpha value is -0.560. The van der Waals surface area contributed by atoms with Crippen LogP contribution in [-0.2, 0) is 0 Å². The van der Waals surface area contributed by atoms with Gasteiger partial charge in [0.05, 0.1) is 0 Å². The Balaban J connectivity index is 2.04. The first-order valence-corrected chi connectivity index (χ1v) is 5.39. The van der Waals surface area contributed by atoms with Crippen LogP contribution in [0.15, 0.2) is 24.3 Å². The van der Waals surface area contributed by atoms with E-state index in [1.807, 2.05) is 0 Å². The molecule has 0 aromatic carbocycles. The molecule has 1 fully saturated rings. The molecule has 1 aliphatic carbocycles. The van der Waals surface area contributed by atoms with Crippen LogP contribution in [0.5, 0.6) is 0 Å². The number of rotatable bonds is 1. The Kier molecular flexibility index (Phi) is 2.54. The number of hydrogen-bond acceptors (Lipinski definition) is 1. The van der Waals surface area contributed by atoms with Crippen molar-refractivity contribution in [3.63, 3.8) is 0 Å². The lowest BCUT2D eigenvalue weighted by molar-refractivity contribution is 0.237. The zero-order valence-corrected chi connectivity index (χ0v) is 8.42. The molecular weight excluding hydrogens is 158 g/mol. The van der Waals surface area contributed by atoms with E-state index in [0.29, 0.717) is 11.5 Å². The van der Waals surface area contributed by atoms with E-state index in [0.717, 1.165) is 0 Å². The summed E-state index contributed by atoms with van der Waals surface area (Å²) in [7, 11) is 0. The fraction of sp³-hybridized carbons (Fsp3) is 0.667. The normalized spacial score (nSPS) is 39.3. The van der Waals surface area contributed by atoms with Gasteiger partial charge in [0.1, 0.15) is 0 Å². The van der Waals surface area contributed by atoms with Gasteiger partial charge in [-0.3, -0.25) is 0 Å². The van der Waals surface area contributed by atoms with Crippen LogP contribution in [-0.4, -0.2) is 12.6 Å². The zero-order valence-electron chi connectivity index (χ0n) is 8.42. The molecule has 1 aliphatic heterocycles. The molecule has 0 bridgehead atoms. The highest BCUT2D eigenvalue weighted by atomic mass is 14.9. The highest BCUT2D eigenvalue weighted by molar-refractivity contribution is 5.18. The summed E-state index contributed by atoms with van der Waals surface area (Å²) in [4.78, 5) is 0. The molecule has 1 heterocycles. The first kappa shape index (κ1) is 9.01. The van der Waals surface area contributed by atoms with E-state index >= 15 is 0 Å². The average molecular weight is 177 g/mol. The fourth-order valence-electron chi connectivity index (χ4n) is 2.42. The van der Waals surface area contributed by atoms with E-state index < -0.39 is 0 Å². The summed E-state index contributed by atoms with van der Waals surface area (Å²) in [6.07, 6.45) is 14.3. The van der Waals surface area contributed by atoms with Crippen molar-refractivity contribution < 1.29 is 0 Å². The standard InChI is InChI=1S/C12H19N/c1-12(8-4-2-5-9-12)11-7-3-6-10-13-11/h2,4-5,8,11,13H,3,6-7,9-10H2,1H3/t11-,12+/m0/s1. The van der Waals surface area contributed by atoms with Crippen LogP contribution in [0.2, 0.25) is 0 Å². The maximum Gasteiger partial charge on any atom is 0.0158 e. The van der Waals surface area contributed by atoms with Crippen molar-refractivity contribution in [1.82, 2.24) is 5.32 Å². The van der Waals surface area contributed by atoms with Crippen molar-refractivity contribution in [2.45, 2.75) is 38.6 Å². The zero-order chi connectivity index (χ0) is 9.15. The molecule has 13 heavy (non-hydrogen) atoms. The van der Waals surface area contributed by atoms with Gasteiger partial charge in [-0.15, -0.1) is 0 Å². The molecule has 0 radical (unpaired) electrons. The fourth-order valence-corrected chi connectivity index (χ4v) is 2.42. The average Bonchev–Trinajstić information content (AvgIpc) is 2.20. The van der Waals surface area contributed by atoms with Crippen LogP contribution in [0, 0.1) is 5.41 Å². The van der Waals surface area contributed by atoms with Gasteiger partial charge >= 0.3 is 0 Å². The predicted molar refractivity (Wildman–Crippen MR) is 56.6 cm³/mol. The third-order valence-corrected chi connectivity index (χ3v) is 3.39. The molecule has 0 spiro atoms. The maximum absolute atomic E-state index is 3.64. The molecule has 1 saturated heterocycles. The van der Waals surface area contributed by atoms with Gasteiger partial charge in [0.2, 0.25) is 0 Å². The molecule has 2 rings (SSSR count). The van der Waals surface area contributed by atoms with Crippen LogP contribution in [0.1, 0.15) is 32.6 Å². The Morgan fingerprint density at radius 3 is 2.85 bits per heavy atom. The van der Waals surface area contributed by atoms with Crippen LogP contribution in [0.4, 0.5) is 0 Å². The minimum absolute atomic E-state index is 0.370. The molecule has 0 aromatic heterocycles. The molecule has 72 valence electrons. The maximum atomic E-state index is 3.64. The van der Waals surface area contributed by atoms with E-state index in [-0.39, 0.29) is 0 Å². The van der Waals surface area contributed by atoms with Crippen LogP contribution >= 0.6 is 0 Å². The molecule has 1 nitrogen and oxygen atoms in total. The first-order valence-electron chi connectivity index (χ1n) is 5.39. The summed E-state index contributed by atoms with van der Waals surface area (Å²) in [5.74, 6) is 0. The summed E-state index contributed by atoms with van der Waals surface area (Å²) in [5.41, 5.74) is 0.370. The van der Waals surface area contributed by atoms with Gasteiger partial charge < -0.3 is 5.32 Å². The molecular formula is C12H19N. The summed E-state index contributed by atoms with van der Waals surface area (Å²) < 4.78 is 0. The van der Waals surface area contributed by atoms with Crippen molar-refractivity contribution in [3.8, 4) is 0 Å². The topological polar surface area (TPSA) is 12.0 Å². The van der Waals surface area contributed by atoms with E-state index in [1.165, 1.54) is 32.2 Å². The van der Waals surface area contributed by atoms with Gasteiger partial charge in [-0.2, -0.15) is 0 Å². The first-order chi connectivity index (χ1) is 6.31. The van der Waals surface area contributed by atoms with E-state index in [4.69, 9.17) is 0 Å². The van der Waals surface area contributed by atoms with Gasteiger partial charge in [-0.05, 0) is 25.8 Å². The number of nitrogens with one attached hydrogen (secondary N) is 1. The van der Waals surface area contributed by atoms with Crippen LogP contribution in [0.3, 0.4) is 0 Å². The summed E-state index contributed by atoms with van der Waals surface area (Å²) in [6.45, 7) is 3.58. The number of hydrogen-bond donors (Lipinski definition) is 1. The Labute approximate surface area is 80.9 Å². The molecule has 0 aromatic rings. The lowest BCUT2D eigenvalue weighted by Crippen LogP contribution is -2.45. The van der Waals surface area contributed by atoms with Crippen LogP contribution in [0.25, 0.3) is 0 Å². The quantitative estimate of drug-likeness (QED) is 0.649. The Morgan fingerprint density at radius 1 is 1.31 bits per heavy atom. The second-order valence-corrected chi connectivity index (χ2v) is 4.50. The Bertz CT molecular complexity index is 223. The third-order valence-electron chi connectivity index (χ3n) is 3.39. The molecule has 2 aliphatic rings. The van der Waals surface area contributed by atoms with Gasteiger partial charge in [0.25, 0.3) is 0 Å². The lowest BCUT2D eigenvalue weighted by atomic mass is 9.74. The van der Waals surface area contributed by atoms with E-state index in [9.17, 15) is 0 Å². The van der Waals surface area contributed by atoms with Crippen LogP contribution < -0.4 is 5.32 Å². The molecule has 2 atom stereocenters. The summed E-state index contributed by atoms with van der Waals surface area (Å²) >= 11 is 0. The van der Waals surface area contributed by atoms with Crippen molar-refractivity contribution in [2.75, 3.05) is 6.54 Å². The largest absolute Gasteiger partial charge is 0.313 e. The predicted octanol–water partition coefficient (Wildman–Crippen LogP) is 2.65. The highest BCUT2D eigenvalue weighted by Gasteiger charge is 2.31. The number of allylic oxidation sites excluding steroid dienone is 3. The smallest absolute Gasteiger partial charge is 0.0158 e. The van der Waals surface area contributed by atoms with Gasteiger partial charge in [-0.25, -0.2) is 0 Å². The second-order valence-electron chi connectivity index (χ2n) is 4.50. The van der Waals surface area contributed by atoms with E-state index in [2.05, 4.69) is 36.5 Å². The summed E-state index contributed by atoms with van der Waals surface area (Å²) in [6, 6.07) is 0.697. The molecule has 1 heteroatoms. The SMILES string of the molecule is C[C@@]1([C@@H]2CCCCN2)C=CC=CC1. The van der Waals surface area contributed by atoms with Gasteiger partial charge in [-0.1, -0.05) is 37.6 Å². The molecule has 0 saturated carbocycles. The van der Waals surface area contributed by atoms with E-state index in [1.54, 1.807) is 0 Å². The Morgan fingerprint density at radius 2 is 2.23 bits per heavy atom. The minimum atomic E-state index is 0.370. The van der Waals surface area contributed by atoms with Gasteiger partial charge in [0.15, 0.2) is 0 Å². The van der Waals surface area contributed by atoms with Crippen molar-refractivity contribution in [1.29, 1.82) is 0 Å². The minimum Gasteiger partial charge on any atom is -0.313 e. The van der Waals surface area contributed by atoms with Crippen molar-refractivity contribution in [2.24, 2.45) is 5.41 Å². The van der Waals surface area contributed by atoms with Crippen molar-refractivity contribution >= 4 is 0 Å². The number of piperidine rings is 1. The third kappa shape index (κ3) is 1.86. The van der Waals surface area contributed by atoms with Gasteiger partial charge in [0, 0.05) is 11.5 Å². The lowest BCUT2D eigenvalue weighted by Gasteiger charge is -2.39. The monoisotopic (exact) mass is 177 g/mol. The highest BCUT2D eigenvalue weighted by Crippen LogP contribution is 2.34. The summed E-state index contributed by atoms with van der Waals surface area (Å²) in [5, 5.41) is 3.64. The molecule has 0 amide bonds.